The van der Waals surface area contributed by atoms with Gasteiger partial charge in [0, 0.05) is 11.9 Å². The number of hydrogen-bond acceptors (Lipinski definition) is 4. The van der Waals surface area contributed by atoms with Crippen LogP contribution < -0.4 is 0 Å². The maximum atomic E-state index is 11.4. The van der Waals surface area contributed by atoms with Crippen molar-refractivity contribution in [3.05, 3.63) is 34.6 Å². The number of ketones is 1. The summed E-state index contributed by atoms with van der Waals surface area (Å²) >= 11 is 5.83. The van der Waals surface area contributed by atoms with Gasteiger partial charge in [0.05, 0.1) is 11.3 Å². The Labute approximate surface area is 108 Å². The molecule has 0 unspecified atom stereocenters. The van der Waals surface area contributed by atoms with Gasteiger partial charge in [-0.3, -0.25) is 4.79 Å². The average Bonchev–Trinajstić information content (AvgIpc) is 2.57. The van der Waals surface area contributed by atoms with Crippen molar-refractivity contribution in [1.82, 2.24) is 9.71 Å². The zero-order valence-corrected chi connectivity index (χ0v) is 10.6. The maximum absolute atomic E-state index is 11.4. The molecule has 0 atom stereocenters. The number of halogens is 1. The van der Waals surface area contributed by atoms with E-state index < -0.39 is 0 Å². The van der Waals surface area contributed by atoms with E-state index in [9.17, 15) is 15.1 Å². The van der Waals surface area contributed by atoms with Gasteiger partial charge in [0.15, 0.2) is 11.6 Å². The van der Waals surface area contributed by atoms with Crippen LogP contribution >= 0.6 is 11.6 Å². The predicted molar refractivity (Wildman–Crippen MR) is 66.3 cm³/mol. The number of carbonyl (C=O) groups excluding carboxylic acids is 1. The molecule has 18 heavy (non-hydrogen) atoms. The van der Waals surface area contributed by atoms with Gasteiger partial charge in [-0.05, 0) is 25.1 Å². The van der Waals surface area contributed by atoms with Gasteiger partial charge in [-0.1, -0.05) is 11.6 Å². The first-order valence-electron chi connectivity index (χ1n) is 5.20. The lowest BCUT2D eigenvalue weighted by atomic mass is 10.2. The highest BCUT2D eigenvalue weighted by Gasteiger charge is 2.20. The summed E-state index contributed by atoms with van der Waals surface area (Å²) in [5.41, 5.74) is 0.740. The number of benzene rings is 1. The molecule has 0 saturated heterocycles. The fourth-order valence-electron chi connectivity index (χ4n) is 1.78. The Kier molecular flexibility index (Phi) is 3.00. The number of rotatable bonds is 2. The predicted octanol–water partition coefficient (Wildman–Crippen LogP) is 2.66. The highest BCUT2D eigenvalue weighted by molar-refractivity contribution is 6.30. The number of aromatic nitrogens is 2. The van der Waals surface area contributed by atoms with Gasteiger partial charge >= 0.3 is 0 Å². The Morgan fingerprint density at radius 3 is 2.67 bits per heavy atom. The molecule has 0 fully saturated rings. The minimum atomic E-state index is -0.310. The topological polar surface area (TPSA) is 75.3 Å². The summed E-state index contributed by atoms with van der Waals surface area (Å²) in [6.45, 7) is 2.94. The lowest BCUT2D eigenvalue weighted by Gasteiger charge is -2.05. The Morgan fingerprint density at radius 2 is 2.11 bits per heavy atom. The quantitative estimate of drug-likeness (QED) is 0.647. The molecule has 0 amide bonds. The van der Waals surface area contributed by atoms with Crippen molar-refractivity contribution in [3.63, 3.8) is 0 Å². The minimum Gasteiger partial charge on any atom is -0.507 e. The molecule has 0 aliphatic carbocycles. The molecule has 0 aliphatic heterocycles. The zero-order chi connectivity index (χ0) is 13.4. The number of aryl methyl sites for hydroxylation is 1. The molecule has 1 aromatic heterocycles. The summed E-state index contributed by atoms with van der Waals surface area (Å²) in [7, 11) is 0. The van der Waals surface area contributed by atoms with Gasteiger partial charge in [-0.15, -0.1) is 0 Å². The molecule has 6 heteroatoms. The Morgan fingerprint density at radius 1 is 1.44 bits per heavy atom. The van der Waals surface area contributed by atoms with Crippen LogP contribution in [0.5, 0.6) is 5.75 Å². The van der Waals surface area contributed by atoms with Crippen molar-refractivity contribution < 1.29 is 15.1 Å². The maximum Gasteiger partial charge on any atom is 0.181 e. The first-order chi connectivity index (χ1) is 8.41. The molecule has 2 rings (SSSR count). The van der Waals surface area contributed by atoms with Gasteiger partial charge in [0.1, 0.15) is 11.4 Å². The second kappa shape index (κ2) is 4.34. The highest BCUT2D eigenvalue weighted by Crippen LogP contribution is 2.31. The number of phenolic OH excluding ortho intramolecular Hbond substituents is 1. The number of aromatic hydroxyl groups is 1. The second-order valence-corrected chi connectivity index (χ2v) is 4.34. The third-order valence-corrected chi connectivity index (χ3v) is 2.80. The van der Waals surface area contributed by atoms with Crippen LogP contribution in [0, 0.1) is 6.92 Å². The summed E-state index contributed by atoms with van der Waals surface area (Å²) in [5.74, 6) is -0.303. The second-order valence-electron chi connectivity index (χ2n) is 3.90. The molecule has 2 N–H and O–H groups in total. The largest absolute Gasteiger partial charge is 0.507 e. The van der Waals surface area contributed by atoms with E-state index in [2.05, 4.69) is 4.98 Å². The van der Waals surface area contributed by atoms with E-state index in [0.29, 0.717) is 15.4 Å². The standard InChI is InChI=1S/C12H11ClN2O3/c1-6-11(7(2)16)15(18)12(14-6)9-5-8(13)3-4-10(9)17/h3-5,17-18H,1-2H3. The molecule has 0 saturated carbocycles. The zero-order valence-electron chi connectivity index (χ0n) is 9.81. The van der Waals surface area contributed by atoms with Crippen molar-refractivity contribution in [3.8, 4) is 17.1 Å². The molecule has 0 spiro atoms. The van der Waals surface area contributed by atoms with Crippen LogP contribution in [-0.4, -0.2) is 25.8 Å². The van der Waals surface area contributed by atoms with Gasteiger partial charge in [-0.2, -0.15) is 4.73 Å². The summed E-state index contributed by atoms with van der Waals surface area (Å²) in [6.07, 6.45) is 0. The summed E-state index contributed by atoms with van der Waals surface area (Å²) in [4.78, 5) is 15.5. The molecule has 5 nitrogen and oxygen atoms in total. The highest BCUT2D eigenvalue weighted by atomic mass is 35.5. The SMILES string of the molecule is CC(=O)c1c(C)nc(-c2cc(Cl)ccc2O)n1O. The van der Waals surface area contributed by atoms with Gasteiger partial charge in [0.2, 0.25) is 0 Å². The molecule has 1 aromatic carbocycles. The van der Waals surface area contributed by atoms with Crippen LogP contribution in [0.1, 0.15) is 23.1 Å². The van der Waals surface area contributed by atoms with Crippen molar-refractivity contribution >= 4 is 17.4 Å². The van der Waals surface area contributed by atoms with E-state index >= 15 is 0 Å². The summed E-state index contributed by atoms with van der Waals surface area (Å²) in [5, 5.41) is 20.1. The third-order valence-electron chi connectivity index (χ3n) is 2.56. The van der Waals surface area contributed by atoms with Crippen molar-refractivity contribution in [1.29, 1.82) is 0 Å². The average molecular weight is 267 g/mol. The van der Waals surface area contributed by atoms with Crippen LogP contribution in [0.3, 0.4) is 0 Å². The van der Waals surface area contributed by atoms with Crippen molar-refractivity contribution in [2.24, 2.45) is 0 Å². The van der Waals surface area contributed by atoms with Gasteiger partial charge in [0.25, 0.3) is 0 Å². The fourth-order valence-corrected chi connectivity index (χ4v) is 1.96. The van der Waals surface area contributed by atoms with E-state index in [-0.39, 0.29) is 28.6 Å². The van der Waals surface area contributed by atoms with E-state index in [1.54, 1.807) is 6.92 Å². The molecule has 94 valence electrons. The fraction of sp³-hybridized carbons (Fsp3) is 0.167. The van der Waals surface area contributed by atoms with E-state index in [1.807, 2.05) is 0 Å². The van der Waals surface area contributed by atoms with E-state index in [0.717, 1.165) is 0 Å². The monoisotopic (exact) mass is 266 g/mol. The normalized spacial score (nSPS) is 10.6. The smallest absolute Gasteiger partial charge is 0.181 e. The Balaban J connectivity index is 2.69. The third kappa shape index (κ3) is 1.93. The molecular weight excluding hydrogens is 256 g/mol. The van der Waals surface area contributed by atoms with Crippen LogP contribution in [0.4, 0.5) is 0 Å². The van der Waals surface area contributed by atoms with Crippen LogP contribution in [-0.2, 0) is 0 Å². The molecule has 2 aromatic rings. The van der Waals surface area contributed by atoms with E-state index in [4.69, 9.17) is 11.6 Å². The number of nitrogens with zero attached hydrogens (tertiary/aromatic N) is 2. The molecule has 1 heterocycles. The number of Topliss-reactive ketones (excluding diaryl/α,β-unsaturated/α-hetero) is 1. The molecule has 0 aliphatic rings. The Hall–Kier alpha value is -2.01. The number of imidazole rings is 1. The number of hydrogen-bond donors (Lipinski definition) is 2. The minimum absolute atomic E-state index is 0.0743. The number of carbonyl (C=O) groups is 1. The first kappa shape index (κ1) is 12.4. The molecule has 0 bridgehead atoms. The Bertz CT molecular complexity index is 634. The van der Waals surface area contributed by atoms with Crippen LogP contribution in [0.25, 0.3) is 11.4 Å². The van der Waals surface area contributed by atoms with Crippen LogP contribution in [0.15, 0.2) is 18.2 Å². The molecule has 0 radical (unpaired) electrons. The van der Waals surface area contributed by atoms with Gasteiger partial charge < -0.3 is 10.3 Å². The number of phenols is 1. The lowest BCUT2D eigenvalue weighted by molar-refractivity contribution is 0.0965. The van der Waals surface area contributed by atoms with Crippen molar-refractivity contribution in [2.45, 2.75) is 13.8 Å². The van der Waals surface area contributed by atoms with Crippen LogP contribution in [0.2, 0.25) is 5.02 Å². The summed E-state index contributed by atoms with van der Waals surface area (Å²) < 4.78 is 0.670. The van der Waals surface area contributed by atoms with Gasteiger partial charge in [-0.25, -0.2) is 4.98 Å². The van der Waals surface area contributed by atoms with E-state index in [1.165, 1.54) is 25.1 Å². The lowest BCUT2D eigenvalue weighted by Crippen LogP contribution is -2.05. The van der Waals surface area contributed by atoms with Crippen molar-refractivity contribution in [2.75, 3.05) is 0 Å². The molecular formula is C12H11ClN2O3. The first-order valence-corrected chi connectivity index (χ1v) is 5.58. The summed E-state index contributed by atoms with van der Waals surface area (Å²) in [6, 6.07) is 4.38.